The predicted octanol–water partition coefficient (Wildman–Crippen LogP) is 1.32. The van der Waals surface area contributed by atoms with Crippen molar-refractivity contribution >= 4 is 17.1 Å². The maximum Gasteiger partial charge on any atom is 0.299 e. The number of aliphatic hydroxyl groups excluding tert-OH is 1. The minimum atomic E-state index is -0.655. The van der Waals surface area contributed by atoms with E-state index in [0.29, 0.717) is 18.8 Å². The summed E-state index contributed by atoms with van der Waals surface area (Å²) in [6.07, 6.45) is 0.755. The highest BCUT2D eigenvalue weighted by atomic mass is 16.6. The molecule has 0 spiro atoms. The number of hydrogen-bond donors (Lipinski definition) is 1. The van der Waals surface area contributed by atoms with Crippen molar-refractivity contribution in [2.75, 3.05) is 24.6 Å². The molecule has 2 rings (SSSR count). The van der Waals surface area contributed by atoms with Gasteiger partial charge in [-0.25, -0.2) is 0 Å². The Bertz CT molecular complexity index is 519. The number of nitro benzene ring substituents is 2. The molecule has 1 atom stereocenters. The Hall–Kier alpha value is -2.22. The molecular weight excluding hydrogens is 254 g/mol. The number of non-ortho nitro benzene ring substituents is 1. The lowest BCUT2D eigenvalue weighted by Crippen LogP contribution is -2.21. The van der Waals surface area contributed by atoms with Gasteiger partial charge < -0.3 is 10.0 Å². The molecule has 0 bridgehead atoms. The molecule has 1 aliphatic heterocycles. The molecule has 8 nitrogen and oxygen atoms in total. The first-order valence-electron chi connectivity index (χ1n) is 5.81. The zero-order valence-electron chi connectivity index (χ0n) is 10.1. The van der Waals surface area contributed by atoms with Crippen LogP contribution in [0.15, 0.2) is 18.2 Å². The molecule has 1 aromatic rings. The maximum atomic E-state index is 11.0. The standard InChI is InChI=1S/C11H13N3O5/c15-7-8-3-4-12(6-8)10-2-1-9(13(16)17)5-11(10)14(18)19/h1-2,5,8,15H,3-4,6-7H2. The SMILES string of the molecule is O=[N+]([O-])c1ccc(N2CCC(CO)C2)c([N+](=O)[O-])c1. The number of anilines is 1. The second-order valence-corrected chi connectivity index (χ2v) is 4.47. The molecule has 1 N–H and O–H groups in total. The summed E-state index contributed by atoms with van der Waals surface area (Å²) in [6.45, 7) is 1.16. The molecule has 1 saturated heterocycles. The maximum absolute atomic E-state index is 11.0. The first kappa shape index (κ1) is 13.2. The van der Waals surface area contributed by atoms with Gasteiger partial charge in [0.25, 0.3) is 11.4 Å². The van der Waals surface area contributed by atoms with E-state index in [1.807, 2.05) is 0 Å². The van der Waals surface area contributed by atoms with E-state index in [-0.39, 0.29) is 23.9 Å². The van der Waals surface area contributed by atoms with Crippen LogP contribution in [0.1, 0.15) is 6.42 Å². The molecule has 0 amide bonds. The largest absolute Gasteiger partial charge is 0.396 e. The number of nitro groups is 2. The minimum absolute atomic E-state index is 0.0390. The Kier molecular flexibility index (Phi) is 3.61. The third-order valence-electron chi connectivity index (χ3n) is 3.25. The average Bonchev–Trinajstić information content (AvgIpc) is 2.86. The smallest absolute Gasteiger partial charge is 0.299 e. The van der Waals surface area contributed by atoms with E-state index in [4.69, 9.17) is 5.11 Å². The van der Waals surface area contributed by atoms with Crippen LogP contribution in [0.5, 0.6) is 0 Å². The minimum Gasteiger partial charge on any atom is -0.396 e. The number of rotatable bonds is 4. The van der Waals surface area contributed by atoms with Crippen molar-refractivity contribution < 1.29 is 15.0 Å². The van der Waals surface area contributed by atoms with Gasteiger partial charge in [-0.1, -0.05) is 0 Å². The number of benzene rings is 1. The Morgan fingerprint density at radius 1 is 1.32 bits per heavy atom. The van der Waals surface area contributed by atoms with Gasteiger partial charge in [-0.15, -0.1) is 0 Å². The lowest BCUT2D eigenvalue weighted by Gasteiger charge is -2.17. The zero-order valence-corrected chi connectivity index (χ0v) is 10.1. The summed E-state index contributed by atoms with van der Waals surface area (Å²) in [7, 11) is 0. The highest BCUT2D eigenvalue weighted by Crippen LogP contribution is 2.34. The quantitative estimate of drug-likeness (QED) is 0.650. The molecule has 1 unspecified atom stereocenters. The molecule has 102 valence electrons. The van der Waals surface area contributed by atoms with E-state index >= 15 is 0 Å². The van der Waals surface area contributed by atoms with E-state index in [0.717, 1.165) is 12.5 Å². The lowest BCUT2D eigenvalue weighted by molar-refractivity contribution is -0.393. The molecule has 0 radical (unpaired) electrons. The van der Waals surface area contributed by atoms with Gasteiger partial charge in [0.1, 0.15) is 5.69 Å². The van der Waals surface area contributed by atoms with Crippen LogP contribution in [-0.4, -0.2) is 34.6 Å². The van der Waals surface area contributed by atoms with Crippen LogP contribution >= 0.6 is 0 Å². The van der Waals surface area contributed by atoms with Crippen molar-refractivity contribution in [3.8, 4) is 0 Å². The third-order valence-corrected chi connectivity index (χ3v) is 3.25. The van der Waals surface area contributed by atoms with E-state index in [9.17, 15) is 20.2 Å². The van der Waals surface area contributed by atoms with Gasteiger partial charge in [-0.2, -0.15) is 0 Å². The van der Waals surface area contributed by atoms with Crippen molar-refractivity contribution in [1.82, 2.24) is 0 Å². The van der Waals surface area contributed by atoms with Crippen molar-refractivity contribution in [3.63, 3.8) is 0 Å². The first-order valence-corrected chi connectivity index (χ1v) is 5.81. The Morgan fingerprint density at radius 3 is 2.58 bits per heavy atom. The van der Waals surface area contributed by atoms with Crippen molar-refractivity contribution in [2.45, 2.75) is 6.42 Å². The molecule has 1 aliphatic rings. The summed E-state index contributed by atoms with van der Waals surface area (Å²) in [5, 5.41) is 30.7. The fourth-order valence-electron chi connectivity index (χ4n) is 2.24. The molecule has 0 saturated carbocycles. The predicted molar refractivity (Wildman–Crippen MR) is 67.2 cm³/mol. The van der Waals surface area contributed by atoms with Crippen LogP contribution in [0, 0.1) is 26.1 Å². The highest BCUT2D eigenvalue weighted by Gasteiger charge is 2.28. The van der Waals surface area contributed by atoms with Crippen LogP contribution in [0.2, 0.25) is 0 Å². The first-order chi connectivity index (χ1) is 9.02. The van der Waals surface area contributed by atoms with E-state index < -0.39 is 9.85 Å². The summed E-state index contributed by atoms with van der Waals surface area (Å²) in [4.78, 5) is 22.2. The molecule has 0 aromatic heterocycles. The third kappa shape index (κ3) is 2.63. The number of aliphatic hydroxyl groups is 1. The molecule has 19 heavy (non-hydrogen) atoms. The Labute approximate surface area is 108 Å². The Balaban J connectivity index is 2.35. The normalized spacial score (nSPS) is 18.6. The number of nitrogens with zero attached hydrogens (tertiary/aromatic N) is 3. The number of hydrogen-bond acceptors (Lipinski definition) is 6. The van der Waals surface area contributed by atoms with Gasteiger partial charge in [0.05, 0.1) is 15.9 Å². The van der Waals surface area contributed by atoms with Gasteiger partial charge in [0.2, 0.25) is 0 Å². The van der Waals surface area contributed by atoms with Crippen molar-refractivity contribution in [1.29, 1.82) is 0 Å². The second-order valence-electron chi connectivity index (χ2n) is 4.47. The monoisotopic (exact) mass is 267 g/mol. The van der Waals surface area contributed by atoms with Crippen molar-refractivity contribution in [3.05, 3.63) is 38.4 Å². The summed E-state index contributed by atoms with van der Waals surface area (Å²) in [5.74, 6) is 0.0924. The van der Waals surface area contributed by atoms with Crippen LogP contribution in [-0.2, 0) is 0 Å². The van der Waals surface area contributed by atoms with Crippen molar-refractivity contribution in [2.24, 2.45) is 5.92 Å². The molecule has 1 heterocycles. The summed E-state index contributed by atoms with van der Waals surface area (Å²) in [6, 6.07) is 3.63. The Morgan fingerprint density at radius 2 is 2.05 bits per heavy atom. The van der Waals surface area contributed by atoms with Gasteiger partial charge in [0, 0.05) is 31.7 Å². The molecule has 8 heteroatoms. The second kappa shape index (κ2) is 5.19. The lowest BCUT2D eigenvalue weighted by atomic mass is 10.1. The highest BCUT2D eigenvalue weighted by molar-refractivity contribution is 5.67. The van der Waals surface area contributed by atoms with E-state index in [2.05, 4.69) is 0 Å². The molecule has 1 aromatic carbocycles. The van der Waals surface area contributed by atoms with E-state index in [1.165, 1.54) is 12.1 Å². The van der Waals surface area contributed by atoms with Gasteiger partial charge in [-0.05, 0) is 12.5 Å². The topological polar surface area (TPSA) is 110 Å². The van der Waals surface area contributed by atoms with Crippen LogP contribution in [0.3, 0.4) is 0 Å². The fourth-order valence-corrected chi connectivity index (χ4v) is 2.24. The van der Waals surface area contributed by atoms with Gasteiger partial charge in [0.15, 0.2) is 0 Å². The van der Waals surface area contributed by atoms with E-state index in [1.54, 1.807) is 4.90 Å². The molecule has 1 fully saturated rings. The van der Waals surface area contributed by atoms with Crippen LogP contribution in [0.25, 0.3) is 0 Å². The van der Waals surface area contributed by atoms with Crippen LogP contribution in [0.4, 0.5) is 17.1 Å². The fraction of sp³-hybridized carbons (Fsp3) is 0.455. The molecule has 0 aliphatic carbocycles. The van der Waals surface area contributed by atoms with Gasteiger partial charge in [-0.3, -0.25) is 20.2 Å². The van der Waals surface area contributed by atoms with Gasteiger partial charge >= 0.3 is 0 Å². The summed E-state index contributed by atoms with van der Waals surface area (Å²) < 4.78 is 0. The zero-order chi connectivity index (χ0) is 14.0. The molecular formula is C11H13N3O5. The average molecular weight is 267 g/mol. The van der Waals surface area contributed by atoms with Crippen LogP contribution < -0.4 is 4.90 Å². The summed E-state index contributed by atoms with van der Waals surface area (Å²) >= 11 is 0. The summed E-state index contributed by atoms with van der Waals surface area (Å²) in [5.41, 5.74) is -0.201.